The number of anilines is 1. The van der Waals surface area contributed by atoms with E-state index in [1.807, 2.05) is 17.8 Å². The van der Waals surface area contributed by atoms with Gasteiger partial charge in [0.25, 0.3) is 0 Å². The molecule has 1 saturated heterocycles. The lowest BCUT2D eigenvalue weighted by molar-refractivity contribution is 0.0313. The zero-order valence-electron chi connectivity index (χ0n) is 17.7. The van der Waals surface area contributed by atoms with Gasteiger partial charge < -0.3 is 14.6 Å². The molecule has 3 aromatic rings. The van der Waals surface area contributed by atoms with E-state index in [-0.39, 0.29) is 5.82 Å². The number of ether oxygens (including phenoxy) is 1. The monoisotopic (exact) mass is 437 g/mol. The minimum absolute atomic E-state index is 0.179. The Morgan fingerprint density at radius 2 is 1.94 bits per heavy atom. The predicted molar refractivity (Wildman–Crippen MR) is 124 cm³/mol. The van der Waals surface area contributed by atoms with Crippen molar-refractivity contribution in [3.8, 4) is 0 Å². The Kier molecular flexibility index (Phi) is 5.17. The number of nitrogens with one attached hydrogen (secondary N) is 1. The number of aromatic amines is 1. The maximum Gasteiger partial charge on any atom is 0.125 e. The third-order valence-electron chi connectivity index (χ3n) is 6.96. The van der Waals surface area contributed by atoms with Crippen LogP contribution in [0.3, 0.4) is 0 Å². The van der Waals surface area contributed by atoms with E-state index in [0.717, 1.165) is 63.1 Å². The molecule has 4 nitrogen and oxygen atoms in total. The molecule has 6 heteroatoms. The van der Waals surface area contributed by atoms with Gasteiger partial charge in [-0.3, -0.25) is 4.90 Å². The van der Waals surface area contributed by atoms with Gasteiger partial charge in [-0.05, 0) is 61.2 Å². The zero-order valence-corrected chi connectivity index (χ0v) is 18.5. The number of aromatic nitrogens is 1. The first-order valence-electron chi connectivity index (χ1n) is 11.4. The largest absolute Gasteiger partial charge is 0.379 e. The highest BCUT2D eigenvalue weighted by Gasteiger charge is 2.26. The second kappa shape index (κ2) is 8.15. The Labute approximate surface area is 186 Å². The van der Waals surface area contributed by atoms with Crippen molar-refractivity contribution in [3.05, 3.63) is 59.0 Å². The first-order chi connectivity index (χ1) is 15.2. The summed E-state index contributed by atoms with van der Waals surface area (Å²) in [6.45, 7) is 5.69. The normalized spacial score (nSPS) is 22.2. The van der Waals surface area contributed by atoms with E-state index in [1.165, 1.54) is 40.2 Å². The molecule has 31 heavy (non-hydrogen) atoms. The fraction of sp³-hybridized carbons (Fsp3) is 0.440. The average Bonchev–Trinajstić information content (AvgIpc) is 3.01. The zero-order chi connectivity index (χ0) is 20.8. The lowest BCUT2D eigenvalue weighted by Crippen LogP contribution is -2.41. The summed E-state index contributed by atoms with van der Waals surface area (Å²) in [6.07, 6.45) is 4.61. The van der Waals surface area contributed by atoms with Crippen molar-refractivity contribution < 1.29 is 9.13 Å². The highest BCUT2D eigenvalue weighted by molar-refractivity contribution is 8.00. The van der Waals surface area contributed by atoms with Crippen LogP contribution in [0.4, 0.5) is 10.1 Å². The van der Waals surface area contributed by atoms with Crippen molar-refractivity contribution in [3.63, 3.8) is 0 Å². The second-order valence-corrected chi connectivity index (χ2v) is 10.1. The van der Waals surface area contributed by atoms with Gasteiger partial charge in [-0.2, -0.15) is 0 Å². The van der Waals surface area contributed by atoms with Gasteiger partial charge in [0.1, 0.15) is 5.82 Å². The number of hydrogen-bond acceptors (Lipinski definition) is 4. The molecule has 0 radical (unpaired) electrons. The van der Waals surface area contributed by atoms with E-state index in [9.17, 15) is 4.39 Å². The molecule has 0 amide bonds. The van der Waals surface area contributed by atoms with Crippen LogP contribution in [-0.4, -0.2) is 48.1 Å². The van der Waals surface area contributed by atoms with Crippen molar-refractivity contribution >= 4 is 28.4 Å². The standard InChI is InChI=1S/C25H28FN3OS/c26-18-4-6-20-21-16-29(9-8-22(21)27-23(20)15-18)19-5-7-24-17(14-19)2-1-3-25(31-24)28-10-12-30-13-11-28/h4-7,14-15,25,27H,1-3,8-13,16H2. The van der Waals surface area contributed by atoms with Crippen molar-refractivity contribution in [2.45, 2.75) is 42.5 Å². The second-order valence-electron chi connectivity index (χ2n) is 8.85. The quantitative estimate of drug-likeness (QED) is 0.614. The summed E-state index contributed by atoms with van der Waals surface area (Å²) in [6, 6.07) is 12.2. The molecule has 0 saturated carbocycles. The van der Waals surface area contributed by atoms with Gasteiger partial charge in [0, 0.05) is 65.3 Å². The van der Waals surface area contributed by atoms with Gasteiger partial charge in [0.15, 0.2) is 0 Å². The van der Waals surface area contributed by atoms with Crippen LogP contribution in [0.5, 0.6) is 0 Å². The third-order valence-corrected chi connectivity index (χ3v) is 8.42. The number of nitrogens with zero attached hydrogens (tertiary/aromatic N) is 2. The minimum atomic E-state index is -0.179. The molecule has 1 aromatic heterocycles. The Hall–Kier alpha value is -2.02. The lowest BCUT2D eigenvalue weighted by atomic mass is 10.0. The molecule has 3 aliphatic heterocycles. The Bertz CT molecular complexity index is 1110. The molecule has 1 N–H and O–H groups in total. The number of rotatable bonds is 2. The molecule has 2 aromatic carbocycles. The van der Waals surface area contributed by atoms with Crippen LogP contribution in [-0.2, 0) is 24.1 Å². The van der Waals surface area contributed by atoms with Gasteiger partial charge in [0.2, 0.25) is 0 Å². The van der Waals surface area contributed by atoms with E-state index in [2.05, 4.69) is 33.0 Å². The number of fused-ring (bicyclic) bond motifs is 4. The highest BCUT2D eigenvalue weighted by Crippen LogP contribution is 2.39. The summed E-state index contributed by atoms with van der Waals surface area (Å²) >= 11 is 2.04. The molecular weight excluding hydrogens is 409 g/mol. The SMILES string of the molecule is Fc1ccc2c3c([nH]c2c1)CCN(c1ccc2c(c1)CCCC(N1CCOCC1)S2)C3. The van der Waals surface area contributed by atoms with Gasteiger partial charge in [-0.15, -0.1) is 11.8 Å². The number of benzene rings is 2. The number of halogens is 1. The first-order valence-corrected chi connectivity index (χ1v) is 12.3. The molecule has 1 unspecified atom stereocenters. The Morgan fingerprint density at radius 1 is 1.03 bits per heavy atom. The first kappa shape index (κ1) is 19.6. The maximum atomic E-state index is 13.6. The smallest absolute Gasteiger partial charge is 0.125 e. The third kappa shape index (κ3) is 3.75. The summed E-state index contributed by atoms with van der Waals surface area (Å²) < 4.78 is 19.2. The molecule has 0 bridgehead atoms. The van der Waals surface area contributed by atoms with Crippen LogP contribution in [0.1, 0.15) is 29.7 Å². The van der Waals surface area contributed by atoms with Crippen LogP contribution in [0.25, 0.3) is 10.9 Å². The molecule has 162 valence electrons. The molecule has 0 spiro atoms. The highest BCUT2D eigenvalue weighted by atomic mass is 32.2. The van der Waals surface area contributed by atoms with E-state index in [4.69, 9.17) is 4.74 Å². The number of H-pyrrole nitrogens is 1. The van der Waals surface area contributed by atoms with Crippen LogP contribution in [0.2, 0.25) is 0 Å². The number of aryl methyl sites for hydroxylation is 1. The Morgan fingerprint density at radius 3 is 2.84 bits per heavy atom. The summed E-state index contributed by atoms with van der Waals surface area (Å²) in [7, 11) is 0. The minimum Gasteiger partial charge on any atom is -0.379 e. The van der Waals surface area contributed by atoms with E-state index in [0.29, 0.717) is 5.37 Å². The van der Waals surface area contributed by atoms with Crippen molar-refractivity contribution in [1.82, 2.24) is 9.88 Å². The van der Waals surface area contributed by atoms with Crippen LogP contribution < -0.4 is 4.90 Å². The molecule has 3 aliphatic rings. The van der Waals surface area contributed by atoms with Crippen molar-refractivity contribution in [2.75, 3.05) is 37.7 Å². The number of thioether (sulfide) groups is 1. The lowest BCUT2D eigenvalue weighted by Gasteiger charge is -2.33. The van der Waals surface area contributed by atoms with Crippen LogP contribution in [0.15, 0.2) is 41.3 Å². The Balaban J connectivity index is 1.24. The van der Waals surface area contributed by atoms with Gasteiger partial charge in [-0.25, -0.2) is 4.39 Å². The molecule has 1 atom stereocenters. The van der Waals surface area contributed by atoms with Gasteiger partial charge >= 0.3 is 0 Å². The topological polar surface area (TPSA) is 31.5 Å². The number of morpholine rings is 1. The molecule has 1 fully saturated rings. The molecular formula is C25H28FN3OS. The molecule has 0 aliphatic carbocycles. The van der Waals surface area contributed by atoms with E-state index in [1.54, 1.807) is 12.1 Å². The van der Waals surface area contributed by atoms with E-state index >= 15 is 0 Å². The fourth-order valence-corrected chi connectivity index (χ4v) is 6.68. The predicted octanol–water partition coefficient (Wildman–Crippen LogP) is 4.96. The molecule has 4 heterocycles. The number of hydrogen-bond donors (Lipinski definition) is 1. The molecule has 6 rings (SSSR count). The van der Waals surface area contributed by atoms with Crippen molar-refractivity contribution in [2.24, 2.45) is 0 Å². The summed E-state index contributed by atoms with van der Waals surface area (Å²) in [5, 5.41) is 1.72. The van der Waals surface area contributed by atoms with Gasteiger partial charge in [-0.1, -0.05) is 0 Å². The summed E-state index contributed by atoms with van der Waals surface area (Å²) in [5.74, 6) is -0.179. The van der Waals surface area contributed by atoms with Crippen molar-refractivity contribution in [1.29, 1.82) is 0 Å². The average molecular weight is 438 g/mol. The van der Waals surface area contributed by atoms with Crippen LogP contribution >= 0.6 is 11.8 Å². The summed E-state index contributed by atoms with van der Waals surface area (Å²) in [4.78, 5) is 9.96. The summed E-state index contributed by atoms with van der Waals surface area (Å²) in [5.41, 5.74) is 6.30. The maximum absolute atomic E-state index is 13.6. The van der Waals surface area contributed by atoms with Crippen LogP contribution in [0, 0.1) is 5.82 Å². The van der Waals surface area contributed by atoms with Gasteiger partial charge in [0.05, 0.1) is 18.6 Å². The van der Waals surface area contributed by atoms with E-state index < -0.39 is 0 Å². The fourth-order valence-electron chi connectivity index (χ4n) is 5.28.